The molecule has 5 rings (SSSR count). The number of fused-ring (bicyclic) bond motifs is 2. The first-order chi connectivity index (χ1) is 41.8. The van der Waals surface area contributed by atoms with E-state index in [0.29, 0.717) is 0 Å². The van der Waals surface area contributed by atoms with Gasteiger partial charge in [0, 0.05) is 50.6 Å². The molecule has 0 aromatic rings. The molecule has 4 bridgehead atoms. The summed E-state index contributed by atoms with van der Waals surface area (Å²) < 4.78 is 48.2. The molecule has 0 amide bonds. The average molecular weight is 1340 g/mol. The number of aliphatic hydroxyl groups is 24. The van der Waals surface area contributed by atoms with E-state index in [2.05, 4.69) is 0 Å². The van der Waals surface area contributed by atoms with Crippen LogP contribution in [0.5, 0.6) is 0 Å². The van der Waals surface area contributed by atoms with Gasteiger partial charge in [-0.05, 0) is 24.3 Å². The Bertz CT molecular complexity index is 2370. The van der Waals surface area contributed by atoms with Gasteiger partial charge in [-0.3, -0.25) is 9.59 Å². The maximum atomic E-state index is 11.3. The molecular formula is C48H80N2O37S2. The van der Waals surface area contributed by atoms with E-state index in [9.17, 15) is 142 Å². The monoisotopic (exact) mass is 1340 g/mol. The van der Waals surface area contributed by atoms with E-state index >= 15 is 0 Å². The molecule has 5 aliphatic heterocycles. The summed E-state index contributed by atoms with van der Waals surface area (Å²) in [7, 11) is 0. The number of carboxylic acid groups (broad SMARTS) is 2. The van der Waals surface area contributed by atoms with Gasteiger partial charge in [0.1, 0.15) is 91.4 Å². The predicted molar refractivity (Wildman–Crippen MR) is 291 cm³/mol. The molecule has 0 aromatic carbocycles. The third-order valence-corrected chi connectivity index (χ3v) is 15.4. The SMILES string of the molecule is N[C@H](CSCC[C@H]1O[C@@H](O)/C(O)=C(/O)[C@@H](CCO)O[C@H]2OC(CO)[C@@H](O[C@@H](O)/C(O)=C(/O)[C@@H](CCO)O[C@H](O)/C(O)=C(/O)[C@@H](CCSC[C@@H](N)C(=O)O)O[C@H](O)/C(O)=C(/O)[C@@H](CCO)O[C@@H]3OC(CO)[C@@H](O[C@@H](O)/C(O)=C\1O)C(O)C3O)C(O)C2O)C(=O)O. The van der Waals surface area contributed by atoms with Gasteiger partial charge in [-0.1, -0.05) is 0 Å². The Morgan fingerprint density at radius 1 is 0.360 bits per heavy atom. The van der Waals surface area contributed by atoms with Crippen LogP contribution >= 0.6 is 23.5 Å². The van der Waals surface area contributed by atoms with Crippen molar-refractivity contribution >= 4 is 35.5 Å². The lowest BCUT2D eigenvalue weighted by atomic mass is 9.98. The average Bonchev–Trinajstić information content (AvgIpc) is 0.999. The van der Waals surface area contributed by atoms with Crippen molar-refractivity contribution in [1.82, 2.24) is 0 Å². The largest absolute Gasteiger partial charge is 0.506 e. The van der Waals surface area contributed by atoms with Gasteiger partial charge in [-0.2, -0.15) is 23.5 Å². The van der Waals surface area contributed by atoms with Crippen LogP contribution in [0, 0.1) is 0 Å². The molecular weight excluding hydrogens is 1260 g/mol. The number of aliphatic carboxylic acids is 2. The lowest BCUT2D eigenvalue weighted by molar-refractivity contribution is -0.329. The molecule has 6 unspecified atom stereocenters. The summed E-state index contributed by atoms with van der Waals surface area (Å²) in [5.41, 5.74) is 11.1. The Labute approximate surface area is 511 Å². The number of carbonyl (C=O) groups is 2. The molecule has 0 aliphatic carbocycles. The number of aliphatic hydroxyl groups excluding tert-OH is 24. The Kier molecular flexibility index (Phi) is 33.3. The minimum Gasteiger partial charge on any atom is -0.506 e. The zero-order valence-corrected chi connectivity index (χ0v) is 48.3. The number of nitrogens with two attached hydrogens (primary N) is 2. The summed E-state index contributed by atoms with van der Waals surface area (Å²) in [4.78, 5) is 22.6. The highest BCUT2D eigenvalue weighted by Gasteiger charge is 2.50. The van der Waals surface area contributed by atoms with Crippen LogP contribution in [0.15, 0.2) is 57.6 Å². The van der Waals surface area contributed by atoms with Gasteiger partial charge in [-0.25, -0.2) is 0 Å². The maximum absolute atomic E-state index is 11.3. The van der Waals surface area contributed by atoms with Gasteiger partial charge >= 0.3 is 11.9 Å². The molecule has 5 heterocycles. The molecule has 89 heavy (non-hydrogen) atoms. The van der Waals surface area contributed by atoms with Crippen LogP contribution in [0.4, 0.5) is 0 Å². The van der Waals surface area contributed by atoms with Gasteiger partial charge in [0.25, 0.3) is 0 Å². The van der Waals surface area contributed by atoms with Crippen LogP contribution in [0.2, 0.25) is 0 Å². The minimum absolute atomic E-state index is 0.300. The third kappa shape index (κ3) is 22.0. The normalized spacial score (nSPS) is 39.4. The summed E-state index contributed by atoms with van der Waals surface area (Å²) in [6, 6.07) is -2.92. The van der Waals surface area contributed by atoms with Crippen molar-refractivity contribution in [1.29, 1.82) is 0 Å². The van der Waals surface area contributed by atoms with Gasteiger partial charge in [0.05, 0.1) is 13.2 Å². The molecule has 0 radical (unpaired) electrons. The molecule has 0 spiro atoms. The van der Waals surface area contributed by atoms with Crippen LogP contribution in [-0.4, -0.2) is 336 Å². The standard InChI is InChI=1S/C48H80N2O37S2/c49-15(40(70)71)13-88-9-4-20-27(59)33(65)42(74)79-17(1-6-51)24(56)34(66)45(77)86-38-22(11-54)84-47(36(68)29(38)61)83-19(3-8-53)26(58)32(64)44(76)81-21(5-10-89-14-16(50)41(72)73)28(60)35(67)46(78)87-39-23(12-55)85-48(37(69)30(39)62)82-18(2-7-52)25(57)31(63)43(75)80-20/h15-23,29-30,36-39,42-48,51-69,74-78H,1-14,49-50H2,(H,70,71)(H,72,73)/b31-25-,32-26-,33-27-,34-24-,35-28-/t15-,16-,17-,18-,19-,20-,21-,22?,23?,29?,30?,36?,37?,38-,39-,42+,43+,44-,45-,46-,47+,48-/m1/s1. The summed E-state index contributed by atoms with van der Waals surface area (Å²) in [5.74, 6) is -19.8. The number of thioether (sulfide) groups is 2. The van der Waals surface area contributed by atoms with Crippen LogP contribution in [0.25, 0.3) is 0 Å². The smallest absolute Gasteiger partial charge is 0.321 e. The first-order valence-corrected chi connectivity index (χ1v) is 28.9. The molecule has 2 fully saturated rings. The summed E-state index contributed by atoms with van der Waals surface area (Å²) >= 11 is 1.55. The third-order valence-electron chi connectivity index (χ3n) is 13.1. The fraction of sp³-hybridized carbons (Fsp3) is 0.750. The van der Waals surface area contributed by atoms with Gasteiger partial charge in [0.2, 0.25) is 31.5 Å². The van der Waals surface area contributed by atoms with Crippen molar-refractivity contribution in [3.05, 3.63) is 57.6 Å². The maximum Gasteiger partial charge on any atom is 0.321 e. The number of hydrogen-bond acceptors (Lipinski definition) is 39. The van der Waals surface area contributed by atoms with Crippen molar-refractivity contribution < 1.29 is 185 Å². The molecule has 516 valence electrons. The van der Waals surface area contributed by atoms with E-state index in [-0.39, 0.29) is 23.0 Å². The quantitative estimate of drug-likeness (QED) is 0.0504. The second kappa shape index (κ2) is 37.8. The van der Waals surface area contributed by atoms with Crippen LogP contribution in [0.1, 0.15) is 32.1 Å². The van der Waals surface area contributed by atoms with Gasteiger partial charge < -0.3 is 187 Å². The van der Waals surface area contributed by atoms with Crippen molar-refractivity contribution in [2.24, 2.45) is 11.5 Å². The zero-order valence-electron chi connectivity index (χ0n) is 46.7. The van der Waals surface area contributed by atoms with E-state index in [1.165, 1.54) is 0 Å². The molecule has 41 heteroatoms. The predicted octanol–water partition coefficient (Wildman–Crippen LogP) is -6.98. The van der Waals surface area contributed by atoms with E-state index < -0.39 is 270 Å². The molecule has 39 nitrogen and oxygen atoms in total. The van der Waals surface area contributed by atoms with Crippen molar-refractivity contribution in [2.75, 3.05) is 56.0 Å². The fourth-order valence-corrected chi connectivity index (χ4v) is 10.1. The molecule has 5 aliphatic rings. The summed E-state index contributed by atoms with van der Waals surface area (Å²) in [6.07, 6.45) is -51.2. The minimum atomic E-state index is -2.88. The Morgan fingerprint density at radius 2 is 0.607 bits per heavy atom. The van der Waals surface area contributed by atoms with E-state index in [0.717, 1.165) is 23.5 Å². The summed E-state index contributed by atoms with van der Waals surface area (Å²) in [5, 5.41) is 279. The molecule has 22 atom stereocenters. The molecule has 30 N–H and O–H groups in total. The van der Waals surface area contributed by atoms with E-state index in [4.69, 9.17) is 54.1 Å². The van der Waals surface area contributed by atoms with Crippen LogP contribution in [0.3, 0.4) is 0 Å². The lowest BCUT2D eigenvalue weighted by Gasteiger charge is -2.43. The van der Waals surface area contributed by atoms with Crippen molar-refractivity contribution in [3.8, 4) is 0 Å². The number of rotatable bonds is 20. The topological polar surface area (TPSA) is 695 Å². The van der Waals surface area contributed by atoms with E-state index in [1.54, 1.807) is 0 Å². The first kappa shape index (κ1) is 78.6. The summed E-state index contributed by atoms with van der Waals surface area (Å²) in [6.45, 7) is -5.37. The second-order valence-corrected chi connectivity index (χ2v) is 21.8. The number of hydrogen-bond donors (Lipinski definition) is 28. The Morgan fingerprint density at radius 3 is 0.854 bits per heavy atom. The van der Waals surface area contributed by atoms with Crippen molar-refractivity contribution in [2.45, 2.75) is 168 Å². The van der Waals surface area contributed by atoms with Crippen LogP contribution in [-0.2, 0) is 52.2 Å². The molecule has 0 saturated carbocycles. The number of ether oxygens (including phenoxy) is 9. The molecule has 0 aromatic heterocycles. The van der Waals surface area contributed by atoms with Crippen molar-refractivity contribution in [3.63, 3.8) is 0 Å². The fourth-order valence-electron chi connectivity index (χ4n) is 8.18. The highest BCUT2D eigenvalue weighted by molar-refractivity contribution is 7.99. The van der Waals surface area contributed by atoms with E-state index in [1.807, 2.05) is 0 Å². The number of carboxylic acids is 2. The van der Waals surface area contributed by atoms with Gasteiger partial charge in [-0.15, -0.1) is 0 Å². The zero-order chi connectivity index (χ0) is 67.3. The van der Waals surface area contributed by atoms with Crippen LogP contribution < -0.4 is 11.5 Å². The highest BCUT2D eigenvalue weighted by Crippen LogP contribution is 2.33. The lowest BCUT2D eigenvalue weighted by Crippen LogP contribution is -2.61. The second-order valence-electron chi connectivity index (χ2n) is 19.5. The molecule has 2 saturated heterocycles. The van der Waals surface area contributed by atoms with Gasteiger partial charge in [0.15, 0.2) is 70.2 Å². The Balaban J connectivity index is 2.26. The first-order valence-electron chi connectivity index (χ1n) is 26.6. The Hall–Kier alpha value is -4.66. The highest BCUT2D eigenvalue weighted by atomic mass is 32.2.